The van der Waals surface area contributed by atoms with Gasteiger partial charge in [0.2, 0.25) is 5.65 Å². The van der Waals surface area contributed by atoms with Crippen LogP contribution in [0, 0.1) is 12.7 Å². The molecule has 3 aromatic rings. The number of fused-ring (bicyclic) bond motifs is 1. The molecular formula is C17H17FN6O. The number of hydrogen-bond donors (Lipinski definition) is 1. The summed E-state index contributed by atoms with van der Waals surface area (Å²) in [7, 11) is 0. The van der Waals surface area contributed by atoms with Gasteiger partial charge in [0, 0.05) is 37.1 Å². The fourth-order valence-electron chi connectivity index (χ4n) is 3.12. The molecule has 3 heterocycles. The molecule has 1 aliphatic heterocycles. The zero-order valence-electron chi connectivity index (χ0n) is 13.7. The maximum atomic E-state index is 13.3. The summed E-state index contributed by atoms with van der Waals surface area (Å²) in [5.41, 5.74) is 1.03. The summed E-state index contributed by atoms with van der Waals surface area (Å²) in [4.78, 5) is 18.8. The van der Waals surface area contributed by atoms with E-state index in [-0.39, 0.29) is 11.9 Å². The Bertz CT molecular complexity index is 940. The van der Waals surface area contributed by atoms with Crippen LogP contribution in [0.1, 0.15) is 22.6 Å². The fourth-order valence-corrected chi connectivity index (χ4v) is 3.12. The molecule has 1 atom stereocenters. The first-order chi connectivity index (χ1) is 12.1. The highest BCUT2D eigenvalue weighted by Crippen LogP contribution is 2.22. The van der Waals surface area contributed by atoms with E-state index in [0.717, 1.165) is 24.6 Å². The zero-order valence-corrected chi connectivity index (χ0v) is 13.7. The number of aromatic nitrogens is 4. The number of aryl methyl sites for hydroxylation is 1. The van der Waals surface area contributed by atoms with Gasteiger partial charge in [-0.25, -0.2) is 9.37 Å². The van der Waals surface area contributed by atoms with Gasteiger partial charge in [-0.15, -0.1) is 10.2 Å². The second-order valence-corrected chi connectivity index (χ2v) is 6.11. The van der Waals surface area contributed by atoms with Crippen LogP contribution in [0.3, 0.4) is 0 Å². The lowest BCUT2D eigenvalue weighted by molar-refractivity contribution is 0.0940. The number of amides is 1. The molecule has 2 aromatic heterocycles. The Labute approximate surface area is 143 Å². The van der Waals surface area contributed by atoms with Crippen molar-refractivity contribution in [3.05, 3.63) is 53.9 Å². The zero-order chi connectivity index (χ0) is 17.4. The van der Waals surface area contributed by atoms with Crippen molar-refractivity contribution in [1.82, 2.24) is 24.9 Å². The van der Waals surface area contributed by atoms with Crippen molar-refractivity contribution in [2.75, 3.05) is 18.0 Å². The van der Waals surface area contributed by atoms with Crippen molar-refractivity contribution in [2.45, 2.75) is 19.4 Å². The van der Waals surface area contributed by atoms with Gasteiger partial charge in [-0.1, -0.05) is 6.07 Å². The molecule has 0 aliphatic carbocycles. The van der Waals surface area contributed by atoms with Crippen LogP contribution < -0.4 is 10.2 Å². The van der Waals surface area contributed by atoms with Gasteiger partial charge in [0.15, 0.2) is 5.82 Å². The first-order valence-electron chi connectivity index (χ1n) is 8.09. The van der Waals surface area contributed by atoms with Crippen molar-refractivity contribution in [1.29, 1.82) is 0 Å². The van der Waals surface area contributed by atoms with Gasteiger partial charge >= 0.3 is 0 Å². The van der Waals surface area contributed by atoms with Gasteiger partial charge in [-0.2, -0.15) is 0 Å². The lowest BCUT2D eigenvalue weighted by atomic mass is 10.2. The van der Waals surface area contributed by atoms with E-state index < -0.39 is 5.82 Å². The monoisotopic (exact) mass is 340 g/mol. The molecule has 0 saturated carbocycles. The molecule has 0 radical (unpaired) electrons. The standard InChI is InChI=1S/C17H17FN6O/c1-11-21-22-16-15(19-6-8-24(11)16)23-7-5-14(10-23)20-17(25)12-3-2-4-13(18)9-12/h2-4,6,8-9,14H,5,7,10H2,1H3,(H,20,25). The summed E-state index contributed by atoms with van der Waals surface area (Å²) >= 11 is 0. The summed E-state index contributed by atoms with van der Waals surface area (Å²) in [5.74, 6) is 0.869. The molecule has 1 saturated heterocycles. The molecule has 1 aliphatic rings. The summed E-state index contributed by atoms with van der Waals surface area (Å²) in [6.07, 6.45) is 4.34. The van der Waals surface area contributed by atoms with Crippen LogP contribution >= 0.6 is 0 Å². The normalized spacial score (nSPS) is 17.2. The summed E-state index contributed by atoms with van der Waals surface area (Å²) in [6.45, 7) is 3.27. The van der Waals surface area contributed by atoms with E-state index in [9.17, 15) is 9.18 Å². The molecule has 1 amide bonds. The number of halogens is 1. The first-order valence-corrected chi connectivity index (χ1v) is 8.09. The lowest BCUT2D eigenvalue weighted by Gasteiger charge is -2.18. The summed E-state index contributed by atoms with van der Waals surface area (Å²) in [5, 5.41) is 11.2. The second-order valence-electron chi connectivity index (χ2n) is 6.11. The predicted octanol–water partition coefficient (Wildman–Crippen LogP) is 1.58. The van der Waals surface area contributed by atoms with E-state index in [0.29, 0.717) is 17.8 Å². The average molecular weight is 340 g/mol. The number of rotatable bonds is 3. The van der Waals surface area contributed by atoms with Gasteiger partial charge in [-0.3, -0.25) is 9.20 Å². The topological polar surface area (TPSA) is 75.4 Å². The minimum atomic E-state index is -0.418. The number of carbonyl (C=O) groups is 1. The number of nitrogens with zero attached hydrogens (tertiary/aromatic N) is 5. The molecule has 0 spiro atoms. The molecule has 8 heteroatoms. The average Bonchev–Trinajstić information content (AvgIpc) is 3.22. The maximum absolute atomic E-state index is 13.3. The fraction of sp³-hybridized carbons (Fsp3) is 0.294. The largest absolute Gasteiger partial charge is 0.351 e. The van der Waals surface area contributed by atoms with Gasteiger partial charge in [0.25, 0.3) is 5.91 Å². The number of benzene rings is 1. The summed E-state index contributed by atoms with van der Waals surface area (Å²) < 4.78 is 15.2. The minimum Gasteiger partial charge on any atom is -0.351 e. The maximum Gasteiger partial charge on any atom is 0.251 e. The smallest absolute Gasteiger partial charge is 0.251 e. The van der Waals surface area contributed by atoms with Gasteiger partial charge < -0.3 is 10.2 Å². The van der Waals surface area contributed by atoms with Gasteiger partial charge in [0.05, 0.1) is 0 Å². The van der Waals surface area contributed by atoms with Gasteiger partial charge in [-0.05, 0) is 31.5 Å². The van der Waals surface area contributed by atoms with Crippen molar-refractivity contribution < 1.29 is 9.18 Å². The number of hydrogen-bond acceptors (Lipinski definition) is 5. The van der Waals surface area contributed by atoms with Crippen LogP contribution in [-0.2, 0) is 0 Å². The Balaban J connectivity index is 1.48. The highest BCUT2D eigenvalue weighted by Gasteiger charge is 2.27. The molecule has 0 bridgehead atoms. The summed E-state index contributed by atoms with van der Waals surface area (Å²) in [6, 6.07) is 5.67. The lowest BCUT2D eigenvalue weighted by Crippen LogP contribution is -2.37. The molecule has 25 heavy (non-hydrogen) atoms. The third-order valence-electron chi connectivity index (χ3n) is 4.39. The molecule has 1 aromatic carbocycles. The Morgan fingerprint density at radius 3 is 3.08 bits per heavy atom. The Morgan fingerprint density at radius 1 is 1.36 bits per heavy atom. The molecule has 1 N–H and O–H groups in total. The second kappa shape index (κ2) is 6.12. The third-order valence-corrected chi connectivity index (χ3v) is 4.39. The van der Waals surface area contributed by atoms with Crippen LogP contribution in [0.15, 0.2) is 36.7 Å². The Kier molecular flexibility index (Phi) is 3.79. The molecule has 4 rings (SSSR count). The third kappa shape index (κ3) is 2.90. The van der Waals surface area contributed by atoms with Crippen molar-refractivity contribution in [3.8, 4) is 0 Å². The van der Waals surface area contributed by atoms with Crippen LogP contribution in [0.5, 0.6) is 0 Å². The molecule has 128 valence electrons. The van der Waals surface area contributed by atoms with E-state index in [4.69, 9.17) is 0 Å². The van der Waals surface area contributed by atoms with E-state index in [1.807, 2.05) is 17.5 Å². The number of nitrogens with one attached hydrogen (secondary N) is 1. The van der Waals surface area contributed by atoms with Gasteiger partial charge in [0.1, 0.15) is 11.6 Å². The van der Waals surface area contributed by atoms with Crippen LogP contribution in [0.2, 0.25) is 0 Å². The molecule has 1 unspecified atom stereocenters. The first kappa shape index (κ1) is 15.5. The molecular weight excluding hydrogens is 323 g/mol. The molecule has 1 fully saturated rings. The van der Waals surface area contributed by atoms with Crippen LogP contribution in [0.4, 0.5) is 10.2 Å². The number of carbonyl (C=O) groups excluding carboxylic acids is 1. The Hall–Kier alpha value is -3.03. The van der Waals surface area contributed by atoms with E-state index in [1.165, 1.54) is 18.2 Å². The van der Waals surface area contributed by atoms with Crippen molar-refractivity contribution in [3.63, 3.8) is 0 Å². The van der Waals surface area contributed by atoms with E-state index in [2.05, 4.69) is 25.4 Å². The van der Waals surface area contributed by atoms with Crippen molar-refractivity contribution >= 4 is 17.4 Å². The Morgan fingerprint density at radius 2 is 2.24 bits per heavy atom. The highest BCUT2D eigenvalue weighted by atomic mass is 19.1. The quantitative estimate of drug-likeness (QED) is 0.783. The van der Waals surface area contributed by atoms with Crippen LogP contribution in [0.25, 0.3) is 5.65 Å². The van der Waals surface area contributed by atoms with Crippen molar-refractivity contribution in [2.24, 2.45) is 0 Å². The highest BCUT2D eigenvalue weighted by molar-refractivity contribution is 5.94. The van der Waals surface area contributed by atoms with E-state index in [1.54, 1.807) is 12.3 Å². The van der Waals surface area contributed by atoms with Crippen LogP contribution in [-0.4, -0.2) is 44.6 Å². The SMILES string of the molecule is Cc1nnc2c(N3CCC(NC(=O)c4cccc(F)c4)C3)nccn12. The minimum absolute atomic E-state index is 0.0261. The van der Waals surface area contributed by atoms with E-state index >= 15 is 0 Å². The number of anilines is 1. The molecule has 7 nitrogen and oxygen atoms in total. The predicted molar refractivity (Wildman–Crippen MR) is 90.0 cm³/mol.